The minimum Gasteiger partial charge on any atom is -0.361 e. The summed E-state index contributed by atoms with van der Waals surface area (Å²) in [7, 11) is -3.93. The van der Waals surface area contributed by atoms with Gasteiger partial charge in [-0.25, -0.2) is 13.6 Å². The number of rotatable bonds is 4. The number of nitrogens with two attached hydrogens (primary N) is 1. The third-order valence-corrected chi connectivity index (χ3v) is 5.03. The highest BCUT2D eigenvalue weighted by atomic mass is 32.2. The van der Waals surface area contributed by atoms with Crippen LogP contribution < -0.4 is 16.0 Å². The summed E-state index contributed by atoms with van der Waals surface area (Å²) in [6, 6.07) is 11.5. The average molecular weight is 386 g/mol. The highest BCUT2D eigenvalue weighted by molar-refractivity contribution is 7.89. The fraction of sp³-hybridized carbons (Fsp3) is 0.111. The number of H-pyrrole nitrogens is 1. The van der Waals surface area contributed by atoms with Gasteiger partial charge in [-0.3, -0.25) is 20.4 Å². The maximum Gasteiger partial charge on any atom is 0.269 e. The van der Waals surface area contributed by atoms with Crippen LogP contribution in [0.1, 0.15) is 21.5 Å². The molecule has 0 radical (unpaired) electrons. The zero-order chi connectivity index (χ0) is 19.6. The lowest BCUT2D eigenvalue weighted by atomic mass is 10.1. The van der Waals surface area contributed by atoms with Crippen LogP contribution in [0.15, 0.2) is 53.6 Å². The van der Waals surface area contributed by atoms with E-state index < -0.39 is 21.8 Å². The van der Waals surface area contributed by atoms with Crippen LogP contribution in [0.4, 0.5) is 0 Å². The van der Waals surface area contributed by atoms with Crippen molar-refractivity contribution in [2.24, 2.45) is 5.14 Å². The molecule has 9 heteroatoms. The standard InChI is InChI=1S/C18H18N4O4S/c1-11-6-7-13(27(19,25)26)9-15(11)18(24)22-21-17(23)8-12-10-20-16-5-3-2-4-14(12)16/h2-7,9-10,20H,8H2,1H3,(H,21,23)(H,22,24)(H2,19,25,26). The third-order valence-electron chi connectivity index (χ3n) is 4.12. The molecular formula is C18H18N4O4S. The fourth-order valence-corrected chi connectivity index (χ4v) is 3.25. The summed E-state index contributed by atoms with van der Waals surface area (Å²) < 4.78 is 22.9. The largest absolute Gasteiger partial charge is 0.361 e. The van der Waals surface area contributed by atoms with Crippen molar-refractivity contribution in [2.75, 3.05) is 0 Å². The molecule has 0 bridgehead atoms. The first kappa shape index (κ1) is 18.6. The Morgan fingerprint density at radius 3 is 2.59 bits per heavy atom. The Kier molecular flexibility index (Phi) is 4.98. The number of aromatic amines is 1. The molecule has 0 spiro atoms. The molecular weight excluding hydrogens is 368 g/mol. The number of nitrogens with one attached hydrogen (secondary N) is 3. The van der Waals surface area contributed by atoms with Crippen molar-refractivity contribution in [3.63, 3.8) is 0 Å². The van der Waals surface area contributed by atoms with Gasteiger partial charge in [-0.1, -0.05) is 24.3 Å². The molecule has 0 fully saturated rings. The van der Waals surface area contributed by atoms with Crippen LogP contribution in [-0.4, -0.2) is 25.2 Å². The first-order valence-corrected chi connectivity index (χ1v) is 9.58. The number of aromatic nitrogens is 1. The second-order valence-corrected chi connectivity index (χ2v) is 7.62. The van der Waals surface area contributed by atoms with Crippen molar-refractivity contribution < 1.29 is 18.0 Å². The molecule has 0 atom stereocenters. The van der Waals surface area contributed by atoms with Crippen LogP contribution in [-0.2, 0) is 21.2 Å². The van der Waals surface area contributed by atoms with Gasteiger partial charge >= 0.3 is 0 Å². The number of amides is 2. The highest BCUT2D eigenvalue weighted by Crippen LogP contribution is 2.18. The van der Waals surface area contributed by atoms with Crippen LogP contribution in [0.25, 0.3) is 10.9 Å². The molecule has 3 aromatic rings. The summed E-state index contributed by atoms with van der Waals surface area (Å²) in [4.78, 5) is 27.3. The molecule has 3 rings (SSSR count). The van der Waals surface area contributed by atoms with E-state index in [4.69, 9.17) is 5.14 Å². The number of hydrogen-bond donors (Lipinski definition) is 4. The number of hydrogen-bond acceptors (Lipinski definition) is 4. The van der Waals surface area contributed by atoms with Crippen LogP contribution in [0.5, 0.6) is 0 Å². The smallest absolute Gasteiger partial charge is 0.269 e. The van der Waals surface area contributed by atoms with Gasteiger partial charge in [0.05, 0.1) is 11.3 Å². The first-order valence-electron chi connectivity index (χ1n) is 8.03. The van der Waals surface area contributed by atoms with Gasteiger partial charge in [0.15, 0.2) is 0 Å². The lowest BCUT2D eigenvalue weighted by Gasteiger charge is -2.10. The van der Waals surface area contributed by atoms with Crippen molar-refractivity contribution in [1.82, 2.24) is 15.8 Å². The Hall–Kier alpha value is -3.17. The number of benzene rings is 2. The summed E-state index contributed by atoms with van der Waals surface area (Å²) in [6.07, 6.45) is 1.81. The number of para-hydroxylation sites is 1. The molecule has 1 heterocycles. The molecule has 5 N–H and O–H groups in total. The maximum atomic E-state index is 12.3. The van der Waals surface area contributed by atoms with E-state index in [2.05, 4.69) is 15.8 Å². The van der Waals surface area contributed by atoms with Gasteiger partial charge in [0.1, 0.15) is 0 Å². The van der Waals surface area contributed by atoms with Gasteiger partial charge < -0.3 is 4.98 Å². The Morgan fingerprint density at radius 1 is 1.11 bits per heavy atom. The van der Waals surface area contributed by atoms with Gasteiger partial charge in [-0.15, -0.1) is 0 Å². The van der Waals surface area contributed by atoms with E-state index in [-0.39, 0.29) is 16.9 Å². The molecule has 140 valence electrons. The molecule has 1 aromatic heterocycles. The monoisotopic (exact) mass is 386 g/mol. The minimum absolute atomic E-state index is 0.0699. The second-order valence-electron chi connectivity index (χ2n) is 6.06. The first-order chi connectivity index (χ1) is 12.8. The number of fused-ring (bicyclic) bond motifs is 1. The van der Waals surface area contributed by atoms with Crippen molar-refractivity contribution in [2.45, 2.75) is 18.2 Å². The van der Waals surface area contributed by atoms with Gasteiger partial charge in [0.25, 0.3) is 5.91 Å². The van der Waals surface area contributed by atoms with Crippen molar-refractivity contribution in [3.8, 4) is 0 Å². The molecule has 27 heavy (non-hydrogen) atoms. The highest BCUT2D eigenvalue weighted by Gasteiger charge is 2.16. The molecule has 2 aromatic carbocycles. The van der Waals surface area contributed by atoms with Gasteiger partial charge in [0.2, 0.25) is 15.9 Å². The SMILES string of the molecule is Cc1ccc(S(N)(=O)=O)cc1C(=O)NNC(=O)Cc1c[nH]c2ccccc12. The van der Waals surface area contributed by atoms with Crippen LogP contribution in [0, 0.1) is 6.92 Å². The molecule has 0 unspecified atom stereocenters. The lowest BCUT2D eigenvalue weighted by molar-refractivity contribution is -0.121. The van der Waals surface area contributed by atoms with Gasteiger partial charge in [0, 0.05) is 22.7 Å². The Labute approximate surface area is 155 Å². The van der Waals surface area contributed by atoms with Crippen LogP contribution >= 0.6 is 0 Å². The minimum atomic E-state index is -3.93. The third kappa shape index (κ3) is 4.15. The summed E-state index contributed by atoms with van der Waals surface area (Å²) in [6.45, 7) is 1.65. The van der Waals surface area contributed by atoms with Gasteiger partial charge in [-0.2, -0.15) is 0 Å². The van der Waals surface area contributed by atoms with E-state index >= 15 is 0 Å². The molecule has 0 saturated carbocycles. The van der Waals surface area contributed by atoms with Crippen molar-refractivity contribution in [3.05, 3.63) is 65.4 Å². The number of sulfonamides is 1. The molecule has 8 nitrogen and oxygen atoms in total. The second kappa shape index (κ2) is 7.22. The Morgan fingerprint density at radius 2 is 1.85 bits per heavy atom. The summed E-state index contributed by atoms with van der Waals surface area (Å²) in [5.74, 6) is -1.04. The van der Waals surface area contributed by atoms with E-state index in [1.54, 1.807) is 13.1 Å². The number of aryl methyl sites for hydroxylation is 1. The summed E-state index contributed by atoms with van der Waals surface area (Å²) in [5, 5.41) is 6.01. The zero-order valence-electron chi connectivity index (χ0n) is 14.4. The van der Waals surface area contributed by atoms with Crippen molar-refractivity contribution in [1.29, 1.82) is 0 Å². The number of carbonyl (C=O) groups excluding carboxylic acids is 2. The van der Waals surface area contributed by atoms with E-state index in [1.165, 1.54) is 18.2 Å². The van der Waals surface area contributed by atoms with Crippen LogP contribution in [0.2, 0.25) is 0 Å². The number of hydrazine groups is 1. The molecule has 0 aliphatic heterocycles. The quantitative estimate of drug-likeness (QED) is 0.500. The molecule has 0 saturated heterocycles. The average Bonchev–Trinajstić information content (AvgIpc) is 3.02. The zero-order valence-corrected chi connectivity index (χ0v) is 15.3. The maximum absolute atomic E-state index is 12.3. The van der Waals surface area contributed by atoms with E-state index in [0.29, 0.717) is 5.56 Å². The number of carbonyl (C=O) groups is 2. The Bertz CT molecular complexity index is 1140. The van der Waals surface area contributed by atoms with E-state index in [1.807, 2.05) is 24.3 Å². The predicted molar refractivity (Wildman–Crippen MR) is 100 cm³/mol. The summed E-state index contributed by atoms with van der Waals surface area (Å²) in [5.41, 5.74) is 7.00. The van der Waals surface area contributed by atoms with E-state index in [9.17, 15) is 18.0 Å². The molecule has 0 aliphatic carbocycles. The van der Waals surface area contributed by atoms with Gasteiger partial charge in [-0.05, 0) is 36.2 Å². The fourth-order valence-electron chi connectivity index (χ4n) is 2.71. The lowest BCUT2D eigenvalue weighted by Crippen LogP contribution is -2.42. The number of primary sulfonamides is 1. The molecule has 2 amide bonds. The Balaban J connectivity index is 1.68. The van der Waals surface area contributed by atoms with Crippen molar-refractivity contribution >= 4 is 32.7 Å². The van der Waals surface area contributed by atoms with Crippen LogP contribution in [0.3, 0.4) is 0 Å². The normalized spacial score (nSPS) is 11.3. The van der Waals surface area contributed by atoms with E-state index in [0.717, 1.165) is 16.5 Å². The summed E-state index contributed by atoms with van der Waals surface area (Å²) >= 11 is 0. The topological polar surface area (TPSA) is 134 Å². The molecule has 0 aliphatic rings. The predicted octanol–water partition coefficient (Wildman–Crippen LogP) is 1.13.